The zero-order valence-corrected chi connectivity index (χ0v) is 12.8. The fraction of sp³-hybridized carbons (Fsp3) is 0.0588. The Kier molecular flexibility index (Phi) is 3.31. The number of benzene rings is 2. The molecule has 1 amide bonds. The topological polar surface area (TPSA) is 85.8 Å². The van der Waals surface area contributed by atoms with E-state index in [0.29, 0.717) is 17.3 Å². The lowest BCUT2D eigenvalue weighted by atomic mass is 10.1. The number of nitrogens with one attached hydrogen (secondary N) is 1. The first kappa shape index (κ1) is 14.1. The lowest BCUT2D eigenvalue weighted by molar-refractivity contribution is 0.101. The number of hydrogen-bond acceptors (Lipinski definition) is 5. The second-order valence-electron chi connectivity index (χ2n) is 5.27. The molecule has 0 radical (unpaired) electrons. The quantitative estimate of drug-likeness (QED) is 0.627. The molecule has 118 valence electrons. The highest BCUT2D eigenvalue weighted by Gasteiger charge is 2.10. The summed E-state index contributed by atoms with van der Waals surface area (Å²) >= 11 is 0. The summed E-state index contributed by atoms with van der Waals surface area (Å²) in [6, 6.07) is 14.5. The Labute approximate surface area is 136 Å². The van der Waals surface area contributed by atoms with Crippen molar-refractivity contribution in [1.29, 1.82) is 0 Å². The highest BCUT2D eigenvalue weighted by molar-refractivity contribution is 6.01. The molecule has 4 rings (SSSR count). The molecule has 1 N–H and O–H groups in total. The molecular weight excluding hydrogens is 306 g/mol. The number of aryl methyl sites for hydroxylation is 1. The molecule has 0 saturated carbocycles. The molecule has 2 aromatic heterocycles. The van der Waals surface area contributed by atoms with Crippen LogP contribution in [0.4, 0.5) is 0 Å². The van der Waals surface area contributed by atoms with E-state index >= 15 is 0 Å². The average molecular weight is 319 g/mol. The second kappa shape index (κ2) is 5.62. The van der Waals surface area contributed by atoms with Crippen LogP contribution in [-0.2, 0) is 0 Å². The molecule has 4 aromatic rings. The summed E-state index contributed by atoms with van der Waals surface area (Å²) in [5.41, 5.74) is 5.75. The Morgan fingerprint density at radius 2 is 1.92 bits per heavy atom. The predicted molar refractivity (Wildman–Crippen MR) is 87.9 cm³/mol. The number of carbonyl (C=O) groups is 1. The van der Waals surface area contributed by atoms with Crippen LogP contribution in [0.1, 0.15) is 16.2 Å². The van der Waals surface area contributed by atoms with Gasteiger partial charge in [-0.3, -0.25) is 10.2 Å². The summed E-state index contributed by atoms with van der Waals surface area (Å²) in [6.07, 6.45) is 1.58. The molecule has 0 saturated heterocycles. The van der Waals surface area contributed by atoms with Gasteiger partial charge in [0.1, 0.15) is 6.33 Å². The van der Waals surface area contributed by atoms with E-state index in [2.05, 4.69) is 20.6 Å². The number of amides is 1. The molecule has 0 bridgehead atoms. The second-order valence-corrected chi connectivity index (χ2v) is 5.27. The molecule has 0 unspecified atom stereocenters. The lowest BCUT2D eigenvalue weighted by Gasteiger charge is -2.07. The Morgan fingerprint density at radius 1 is 1.12 bits per heavy atom. The number of nitrogens with zero attached hydrogens (tertiary/aromatic N) is 4. The van der Waals surface area contributed by atoms with Gasteiger partial charge < -0.3 is 4.52 Å². The van der Waals surface area contributed by atoms with Crippen molar-refractivity contribution in [2.24, 2.45) is 0 Å². The molecule has 0 aliphatic carbocycles. The van der Waals surface area contributed by atoms with Crippen molar-refractivity contribution >= 4 is 16.9 Å². The molecule has 2 aromatic carbocycles. The Balaban J connectivity index is 1.56. The van der Waals surface area contributed by atoms with Gasteiger partial charge in [0.15, 0.2) is 5.82 Å². The monoisotopic (exact) mass is 319 g/mol. The van der Waals surface area contributed by atoms with Gasteiger partial charge in [-0.2, -0.15) is 4.98 Å². The van der Waals surface area contributed by atoms with Crippen molar-refractivity contribution in [2.75, 3.05) is 5.43 Å². The number of carbonyl (C=O) groups excluding carboxylic acids is 1. The summed E-state index contributed by atoms with van der Waals surface area (Å²) in [4.78, 5) is 20.8. The number of fused-ring (bicyclic) bond motifs is 1. The zero-order chi connectivity index (χ0) is 16.5. The minimum Gasteiger partial charge on any atom is -0.334 e. The molecule has 0 aliphatic rings. The minimum absolute atomic E-state index is 0.230. The van der Waals surface area contributed by atoms with Crippen molar-refractivity contribution in [3.05, 3.63) is 66.2 Å². The Bertz CT molecular complexity index is 1020. The van der Waals surface area contributed by atoms with Crippen LogP contribution in [0.5, 0.6) is 0 Å². The van der Waals surface area contributed by atoms with Gasteiger partial charge in [-0.1, -0.05) is 17.3 Å². The minimum atomic E-state index is -0.230. The predicted octanol–water partition coefficient (Wildman–Crippen LogP) is 2.78. The van der Waals surface area contributed by atoms with Crippen LogP contribution in [0.3, 0.4) is 0 Å². The summed E-state index contributed by atoms with van der Waals surface area (Å²) in [5.74, 6) is 0.769. The van der Waals surface area contributed by atoms with Crippen LogP contribution in [0, 0.1) is 6.92 Å². The maximum Gasteiger partial charge on any atom is 0.270 e. The van der Waals surface area contributed by atoms with Crippen LogP contribution in [0.15, 0.2) is 59.4 Å². The molecule has 0 spiro atoms. The van der Waals surface area contributed by atoms with Gasteiger partial charge in [0, 0.05) is 11.1 Å². The van der Waals surface area contributed by atoms with E-state index in [1.165, 1.54) is 0 Å². The number of para-hydroxylation sites is 2. The Morgan fingerprint density at radius 3 is 2.67 bits per heavy atom. The number of hydrogen-bond donors (Lipinski definition) is 1. The lowest BCUT2D eigenvalue weighted by Crippen LogP contribution is -2.21. The van der Waals surface area contributed by atoms with E-state index in [9.17, 15) is 4.79 Å². The van der Waals surface area contributed by atoms with E-state index in [4.69, 9.17) is 4.52 Å². The summed E-state index contributed by atoms with van der Waals surface area (Å²) in [7, 11) is 0. The van der Waals surface area contributed by atoms with Gasteiger partial charge in [0.2, 0.25) is 0 Å². The number of aromatic nitrogens is 4. The first-order valence-electron chi connectivity index (χ1n) is 7.35. The first-order valence-corrected chi connectivity index (χ1v) is 7.35. The molecule has 2 heterocycles. The Hall–Kier alpha value is -3.48. The van der Waals surface area contributed by atoms with E-state index in [1.54, 1.807) is 42.2 Å². The molecular formula is C17H13N5O2. The highest BCUT2D eigenvalue weighted by Crippen LogP contribution is 2.18. The number of rotatable bonds is 3. The maximum absolute atomic E-state index is 12.4. The first-order chi connectivity index (χ1) is 11.7. The van der Waals surface area contributed by atoms with Crippen LogP contribution in [0.2, 0.25) is 0 Å². The van der Waals surface area contributed by atoms with Gasteiger partial charge in [-0.05, 0) is 43.3 Å². The van der Waals surface area contributed by atoms with Gasteiger partial charge in [0.05, 0.1) is 11.0 Å². The molecule has 24 heavy (non-hydrogen) atoms. The van der Waals surface area contributed by atoms with E-state index in [-0.39, 0.29) is 5.91 Å². The molecule has 0 fully saturated rings. The van der Waals surface area contributed by atoms with Crippen LogP contribution in [0.25, 0.3) is 22.5 Å². The number of imidazole rings is 1. The molecule has 7 nitrogen and oxygen atoms in total. The van der Waals surface area contributed by atoms with Gasteiger partial charge >= 0.3 is 0 Å². The third kappa shape index (κ3) is 2.52. The van der Waals surface area contributed by atoms with Crippen molar-refractivity contribution in [2.45, 2.75) is 6.92 Å². The van der Waals surface area contributed by atoms with Crippen molar-refractivity contribution in [3.63, 3.8) is 0 Å². The van der Waals surface area contributed by atoms with Crippen molar-refractivity contribution in [3.8, 4) is 11.5 Å². The third-order valence-electron chi connectivity index (χ3n) is 3.60. The van der Waals surface area contributed by atoms with Crippen molar-refractivity contribution in [1.82, 2.24) is 19.8 Å². The summed E-state index contributed by atoms with van der Waals surface area (Å²) in [6.45, 7) is 1.75. The van der Waals surface area contributed by atoms with Gasteiger partial charge in [-0.15, -0.1) is 0 Å². The third-order valence-corrected chi connectivity index (χ3v) is 3.60. The van der Waals surface area contributed by atoms with E-state index in [1.807, 2.05) is 24.3 Å². The highest BCUT2D eigenvalue weighted by atomic mass is 16.5. The van der Waals surface area contributed by atoms with Crippen LogP contribution in [-0.4, -0.2) is 25.7 Å². The van der Waals surface area contributed by atoms with E-state index in [0.717, 1.165) is 16.6 Å². The van der Waals surface area contributed by atoms with E-state index < -0.39 is 0 Å². The van der Waals surface area contributed by atoms with Crippen LogP contribution < -0.4 is 5.43 Å². The summed E-state index contributed by atoms with van der Waals surface area (Å²) < 4.78 is 6.71. The SMILES string of the molecule is Cc1noc(-c2ccc(C(=O)Nn3cnc4ccccc43)cc2)n1. The molecule has 0 aliphatic heterocycles. The van der Waals surface area contributed by atoms with Crippen LogP contribution >= 0.6 is 0 Å². The normalized spacial score (nSPS) is 10.9. The molecule has 0 atom stereocenters. The average Bonchev–Trinajstić information content (AvgIpc) is 3.22. The maximum atomic E-state index is 12.4. The molecule has 7 heteroatoms. The fourth-order valence-corrected chi connectivity index (χ4v) is 2.40. The largest absolute Gasteiger partial charge is 0.334 e. The van der Waals surface area contributed by atoms with Gasteiger partial charge in [-0.25, -0.2) is 9.66 Å². The smallest absolute Gasteiger partial charge is 0.270 e. The zero-order valence-electron chi connectivity index (χ0n) is 12.8. The summed E-state index contributed by atoms with van der Waals surface area (Å²) in [5, 5.41) is 3.75. The standard InChI is InChI=1S/C17H13N5O2/c1-11-19-17(24-21-11)13-8-6-12(7-9-13)16(23)20-22-10-18-14-4-2-3-5-15(14)22/h2-10H,1H3,(H,20,23). The van der Waals surface area contributed by atoms with Gasteiger partial charge in [0.25, 0.3) is 11.8 Å². The van der Waals surface area contributed by atoms with Crippen molar-refractivity contribution < 1.29 is 9.32 Å². The fourth-order valence-electron chi connectivity index (χ4n) is 2.40.